The largest absolute Gasteiger partial charge is 0.370 e. The van der Waals surface area contributed by atoms with Crippen LogP contribution in [0.4, 0.5) is 5.82 Å². The molecule has 116 valence electrons. The third-order valence-corrected chi connectivity index (χ3v) is 4.41. The lowest BCUT2D eigenvalue weighted by molar-refractivity contribution is 0.779. The number of anilines is 1. The molecule has 0 unspecified atom stereocenters. The van der Waals surface area contributed by atoms with E-state index in [2.05, 4.69) is 52.2 Å². The highest BCUT2D eigenvalue weighted by molar-refractivity contribution is 5.71. The van der Waals surface area contributed by atoms with Crippen molar-refractivity contribution < 1.29 is 0 Å². The molecule has 1 aliphatic rings. The number of rotatable bonds is 2. The van der Waals surface area contributed by atoms with Gasteiger partial charge in [-0.25, -0.2) is 4.68 Å². The summed E-state index contributed by atoms with van der Waals surface area (Å²) in [6.07, 6.45) is 7.13. The van der Waals surface area contributed by atoms with E-state index in [0.717, 1.165) is 35.7 Å². The number of nitrogens with zero attached hydrogens (tertiary/aromatic N) is 3. The van der Waals surface area contributed by atoms with Crippen molar-refractivity contribution in [3.05, 3.63) is 59.9 Å². The Kier molecular flexibility index (Phi) is 3.58. The summed E-state index contributed by atoms with van der Waals surface area (Å²) in [5.41, 5.74) is 5.79. The first-order valence-corrected chi connectivity index (χ1v) is 8.17. The van der Waals surface area contributed by atoms with Crippen molar-refractivity contribution in [2.45, 2.75) is 26.2 Å². The van der Waals surface area contributed by atoms with Crippen molar-refractivity contribution in [2.24, 2.45) is 0 Å². The van der Waals surface area contributed by atoms with Gasteiger partial charge in [-0.3, -0.25) is 4.98 Å². The van der Waals surface area contributed by atoms with Gasteiger partial charge < -0.3 is 5.32 Å². The van der Waals surface area contributed by atoms with Crippen LogP contribution in [0, 0.1) is 6.92 Å². The molecule has 4 heteroatoms. The van der Waals surface area contributed by atoms with Crippen molar-refractivity contribution in [1.82, 2.24) is 14.8 Å². The van der Waals surface area contributed by atoms with E-state index in [1.807, 2.05) is 12.3 Å². The monoisotopic (exact) mass is 304 g/mol. The highest BCUT2D eigenvalue weighted by Gasteiger charge is 2.22. The van der Waals surface area contributed by atoms with Crippen LogP contribution >= 0.6 is 0 Å². The van der Waals surface area contributed by atoms with Gasteiger partial charge in [0, 0.05) is 30.1 Å². The Morgan fingerprint density at radius 1 is 1.09 bits per heavy atom. The lowest BCUT2D eigenvalue weighted by Crippen LogP contribution is -2.08. The maximum Gasteiger partial charge on any atom is 0.133 e. The molecule has 0 amide bonds. The van der Waals surface area contributed by atoms with Crippen LogP contribution < -0.4 is 5.32 Å². The molecule has 0 bridgehead atoms. The lowest BCUT2D eigenvalue weighted by Gasteiger charge is -2.11. The van der Waals surface area contributed by atoms with Crippen molar-refractivity contribution in [3.63, 3.8) is 0 Å². The smallest absolute Gasteiger partial charge is 0.133 e. The van der Waals surface area contributed by atoms with E-state index in [0.29, 0.717) is 0 Å². The maximum atomic E-state index is 4.95. The standard InChI is InChI=1S/C19H20N4/c1-14-7-2-3-10-17(14)23-19-16(9-4-5-12-21-19)18(22-23)15-8-6-11-20-13-15/h2-3,6-8,10-11,13,21H,4-5,9,12H2,1H3. The number of para-hydroxylation sites is 1. The number of nitrogens with one attached hydrogen (secondary N) is 1. The topological polar surface area (TPSA) is 42.7 Å². The summed E-state index contributed by atoms with van der Waals surface area (Å²) in [6.45, 7) is 3.13. The Morgan fingerprint density at radius 2 is 2.00 bits per heavy atom. The Morgan fingerprint density at radius 3 is 2.83 bits per heavy atom. The van der Waals surface area contributed by atoms with Crippen LogP contribution in [0.15, 0.2) is 48.8 Å². The second kappa shape index (κ2) is 5.88. The van der Waals surface area contributed by atoms with Crippen molar-refractivity contribution in [2.75, 3.05) is 11.9 Å². The summed E-state index contributed by atoms with van der Waals surface area (Å²) in [7, 11) is 0. The zero-order valence-corrected chi connectivity index (χ0v) is 13.3. The molecule has 1 aromatic carbocycles. The minimum atomic E-state index is 0.997. The van der Waals surface area contributed by atoms with Crippen LogP contribution in [0.3, 0.4) is 0 Å². The number of aromatic nitrogens is 3. The van der Waals surface area contributed by atoms with E-state index in [1.165, 1.54) is 24.0 Å². The summed E-state index contributed by atoms with van der Waals surface area (Å²) in [5, 5.41) is 8.54. The highest BCUT2D eigenvalue weighted by Crippen LogP contribution is 2.34. The highest BCUT2D eigenvalue weighted by atomic mass is 15.3. The molecule has 3 heterocycles. The molecule has 0 saturated carbocycles. The van der Waals surface area contributed by atoms with Crippen molar-refractivity contribution in [1.29, 1.82) is 0 Å². The first-order chi connectivity index (χ1) is 11.3. The number of hydrogen-bond donors (Lipinski definition) is 1. The predicted octanol–water partition coefficient (Wildman–Crippen LogP) is 3.99. The van der Waals surface area contributed by atoms with Gasteiger partial charge in [0.05, 0.1) is 11.4 Å². The molecule has 0 fully saturated rings. The summed E-state index contributed by atoms with van der Waals surface area (Å²) in [5.74, 6) is 1.13. The van der Waals surface area contributed by atoms with E-state index in [1.54, 1.807) is 6.20 Å². The SMILES string of the molecule is Cc1ccccc1-n1nc(-c2cccnc2)c2c1NCCCC2. The molecular weight excluding hydrogens is 284 g/mol. The molecule has 0 spiro atoms. The van der Waals surface area contributed by atoms with Crippen molar-refractivity contribution >= 4 is 5.82 Å². The number of hydrogen-bond acceptors (Lipinski definition) is 3. The summed E-state index contributed by atoms with van der Waals surface area (Å²) in [6, 6.07) is 12.4. The molecule has 3 aromatic rings. The van der Waals surface area contributed by atoms with Gasteiger partial charge >= 0.3 is 0 Å². The molecule has 4 rings (SSSR count). The third-order valence-electron chi connectivity index (χ3n) is 4.41. The number of pyridine rings is 1. The van der Waals surface area contributed by atoms with Gasteiger partial charge in [0.25, 0.3) is 0 Å². The van der Waals surface area contributed by atoms with E-state index < -0.39 is 0 Å². The van der Waals surface area contributed by atoms with Crippen LogP contribution in [0.2, 0.25) is 0 Å². The van der Waals surface area contributed by atoms with E-state index >= 15 is 0 Å². The fourth-order valence-electron chi connectivity index (χ4n) is 3.21. The molecule has 23 heavy (non-hydrogen) atoms. The fraction of sp³-hybridized carbons (Fsp3) is 0.263. The number of fused-ring (bicyclic) bond motifs is 1. The average molecular weight is 304 g/mol. The van der Waals surface area contributed by atoms with Crippen molar-refractivity contribution in [3.8, 4) is 16.9 Å². The Balaban J connectivity index is 1.94. The molecule has 0 aliphatic carbocycles. The van der Waals surface area contributed by atoms with E-state index in [9.17, 15) is 0 Å². The molecule has 0 saturated heterocycles. The summed E-state index contributed by atoms with van der Waals surface area (Å²) >= 11 is 0. The van der Waals surface area contributed by atoms with Gasteiger partial charge in [0.15, 0.2) is 0 Å². The molecule has 0 atom stereocenters. The second-order valence-electron chi connectivity index (χ2n) is 6.00. The Bertz CT molecular complexity index is 821. The Hall–Kier alpha value is -2.62. The second-order valence-corrected chi connectivity index (χ2v) is 6.00. The van der Waals surface area contributed by atoms with Gasteiger partial charge in [0.1, 0.15) is 5.82 Å². The Labute approximate surface area is 136 Å². The van der Waals surface area contributed by atoms with Crippen LogP contribution in [0.25, 0.3) is 16.9 Å². The van der Waals surface area contributed by atoms with Crippen LogP contribution in [-0.2, 0) is 6.42 Å². The van der Waals surface area contributed by atoms with E-state index in [-0.39, 0.29) is 0 Å². The molecular formula is C19H20N4. The fourth-order valence-corrected chi connectivity index (χ4v) is 3.21. The first-order valence-electron chi connectivity index (χ1n) is 8.17. The minimum absolute atomic E-state index is 0.997. The summed E-state index contributed by atoms with van der Waals surface area (Å²) < 4.78 is 2.07. The normalized spacial score (nSPS) is 14.0. The van der Waals surface area contributed by atoms with Gasteiger partial charge in [-0.1, -0.05) is 18.2 Å². The molecule has 4 nitrogen and oxygen atoms in total. The predicted molar refractivity (Wildman–Crippen MR) is 93.0 cm³/mol. The number of benzene rings is 1. The average Bonchev–Trinajstić information content (AvgIpc) is 2.78. The minimum Gasteiger partial charge on any atom is -0.370 e. The molecule has 0 radical (unpaired) electrons. The first kappa shape index (κ1) is 14.0. The molecule has 1 N–H and O–H groups in total. The van der Waals surface area contributed by atoms with Gasteiger partial charge in [-0.15, -0.1) is 0 Å². The molecule has 2 aromatic heterocycles. The zero-order chi connectivity index (χ0) is 15.6. The zero-order valence-electron chi connectivity index (χ0n) is 13.3. The van der Waals surface area contributed by atoms with Crippen LogP contribution in [0.1, 0.15) is 24.0 Å². The van der Waals surface area contributed by atoms with Crippen LogP contribution in [0.5, 0.6) is 0 Å². The molecule has 1 aliphatic heterocycles. The number of aryl methyl sites for hydroxylation is 1. The van der Waals surface area contributed by atoms with Crippen LogP contribution in [-0.4, -0.2) is 21.3 Å². The summed E-state index contributed by atoms with van der Waals surface area (Å²) in [4.78, 5) is 4.26. The van der Waals surface area contributed by atoms with Gasteiger partial charge in [0.2, 0.25) is 0 Å². The third kappa shape index (κ3) is 2.50. The van der Waals surface area contributed by atoms with E-state index in [4.69, 9.17) is 5.10 Å². The lowest BCUT2D eigenvalue weighted by atomic mass is 10.1. The van der Waals surface area contributed by atoms with Gasteiger partial charge in [-0.2, -0.15) is 5.10 Å². The quantitative estimate of drug-likeness (QED) is 0.778. The maximum absolute atomic E-state index is 4.95. The van der Waals surface area contributed by atoms with Gasteiger partial charge in [-0.05, 0) is 49.9 Å².